The van der Waals surface area contributed by atoms with Gasteiger partial charge in [-0.1, -0.05) is 72.7 Å². The molecule has 0 bridgehead atoms. The molecular weight excluding hydrogens is 374 g/mol. The van der Waals surface area contributed by atoms with E-state index in [9.17, 15) is 4.79 Å². The first-order chi connectivity index (χ1) is 14.7. The summed E-state index contributed by atoms with van der Waals surface area (Å²) in [4.78, 5) is 17.7. The second-order valence-electron chi connectivity index (χ2n) is 7.07. The molecule has 0 N–H and O–H groups in total. The van der Waals surface area contributed by atoms with Gasteiger partial charge in [0, 0.05) is 28.2 Å². The van der Waals surface area contributed by atoms with Gasteiger partial charge in [0.15, 0.2) is 0 Å². The fourth-order valence-electron chi connectivity index (χ4n) is 3.58. The molecule has 0 atom stereocenters. The molecule has 0 spiro atoms. The number of aryl methyl sites for hydroxylation is 1. The summed E-state index contributed by atoms with van der Waals surface area (Å²) in [6.45, 7) is 2.12. The maximum Gasteiger partial charge on any atom is 0.262 e. The van der Waals surface area contributed by atoms with Gasteiger partial charge >= 0.3 is 0 Å². The molecule has 146 valence electrons. The summed E-state index contributed by atoms with van der Waals surface area (Å²) in [5, 5.41) is 5.56. The number of nitrogens with zero attached hydrogens (tertiary/aromatic N) is 3. The molecule has 0 aliphatic rings. The fraction of sp³-hybridized carbons (Fsp3) is 0.0800. The van der Waals surface area contributed by atoms with Gasteiger partial charge in [-0.25, -0.2) is 0 Å². The zero-order valence-electron chi connectivity index (χ0n) is 16.4. The van der Waals surface area contributed by atoms with Crippen LogP contribution in [0.4, 0.5) is 0 Å². The molecule has 30 heavy (non-hydrogen) atoms. The molecule has 0 fully saturated rings. The Kier molecular flexibility index (Phi) is 4.48. The Balaban J connectivity index is 1.68. The predicted octanol–water partition coefficient (Wildman–Crippen LogP) is 5.27. The smallest absolute Gasteiger partial charge is 0.262 e. The van der Waals surface area contributed by atoms with E-state index in [0.29, 0.717) is 17.1 Å². The van der Waals surface area contributed by atoms with Crippen LogP contribution in [0.1, 0.15) is 12.5 Å². The van der Waals surface area contributed by atoms with Crippen molar-refractivity contribution in [3.8, 4) is 28.5 Å². The Morgan fingerprint density at radius 1 is 0.867 bits per heavy atom. The predicted molar refractivity (Wildman–Crippen MR) is 118 cm³/mol. The molecule has 0 saturated carbocycles. The van der Waals surface area contributed by atoms with E-state index in [2.05, 4.69) is 29.2 Å². The van der Waals surface area contributed by atoms with Gasteiger partial charge in [0.1, 0.15) is 0 Å². The molecule has 5 rings (SSSR count). The molecule has 2 heterocycles. The van der Waals surface area contributed by atoms with Crippen LogP contribution >= 0.6 is 0 Å². The van der Waals surface area contributed by atoms with E-state index >= 15 is 0 Å². The maximum atomic E-state index is 13.1. The van der Waals surface area contributed by atoms with Crippen LogP contribution in [0.25, 0.3) is 39.3 Å². The average Bonchev–Trinajstić information content (AvgIpc) is 3.30. The van der Waals surface area contributed by atoms with Crippen LogP contribution in [-0.4, -0.2) is 14.7 Å². The summed E-state index contributed by atoms with van der Waals surface area (Å²) in [5.74, 6) is 0.902. The van der Waals surface area contributed by atoms with Gasteiger partial charge in [-0.2, -0.15) is 4.98 Å². The number of rotatable bonds is 4. The Morgan fingerprint density at radius 2 is 1.57 bits per heavy atom. The summed E-state index contributed by atoms with van der Waals surface area (Å²) >= 11 is 0. The molecule has 5 nitrogen and oxygen atoms in total. The van der Waals surface area contributed by atoms with Gasteiger partial charge in [-0.05, 0) is 30.2 Å². The number of para-hydroxylation sites is 1. The van der Waals surface area contributed by atoms with E-state index in [1.54, 1.807) is 10.8 Å². The number of pyridine rings is 1. The largest absolute Gasteiger partial charge is 0.334 e. The first-order valence-electron chi connectivity index (χ1n) is 9.88. The van der Waals surface area contributed by atoms with E-state index in [1.165, 1.54) is 5.56 Å². The van der Waals surface area contributed by atoms with Crippen molar-refractivity contribution in [2.45, 2.75) is 13.3 Å². The Bertz CT molecular complexity index is 1380. The van der Waals surface area contributed by atoms with Crippen molar-refractivity contribution in [1.29, 1.82) is 0 Å². The monoisotopic (exact) mass is 393 g/mol. The van der Waals surface area contributed by atoms with Crippen LogP contribution in [0.2, 0.25) is 0 Å². The van der Waals surface area contributed by atoms with Gasteiger partial charge in [-0.3, -0.25) is 9.36 Å². The van der Waals surface area contributed by atoms with Crippen LogP contribution in [0.5, 0.6) is 0 Å². The minimum atomic E-state index is -0.0876. The van der Waals surface area contributed by atoms with Crippen molar-refractivity contribution < 1.29 is 4.52 Å². The average molecular weight is 393 g/mol. The molecule has 0 aliphatic carbocycles. The quantitative estimate of drug-likeness (QED) is 0.417. The van der Waals surface area contributed by atoms with Crippen LogP contribution < -0.4 is 5.56 Å². The molecule has 0 aliphatic heterocycles. The summed E-state index contributed by atoms with van der Waals surface area (Å²) < 4.78 is 7.25. The van der Waals surface area contributed by atoms with Crippen molar-refractivity contribution in [3.05, 3.63) is 101 Å². The van der Waals surface area contributed by atoms with E-state index in [0.717, 1.165) is 28.6 Å². The van der Waals surface area contributed by atoms with Gasteiger partial charge < -0.3 is 4.52 Å². The molecular formula is C25H19N3O2. The first kappa shape index (κ1) is 18.1. The molecule has 5 aromatic rings. The van der Waals surface area contributed by atoms with Crippen molar-refractivity contribution in [3.63, 3.8) is 0 Å². The lowest BCUT2D eigenvalue weighted by molar-refractivity contribution is 0.432. The lowest BCUT2D eigenvalue weighted by Crippen LogP contribution is -2.18. The fourth-order valence-corrected chi connectivity index (χ4v) is 3.58. The standard InChI is InChI=1S/C25H19N3O2/c1-2-17-12-14-18(15-13-17)23-26-24(30-27-23)22-16-28(19-8-4-3-5-9-19)25(29)21-11-7-6-10-20(21)22/h3-16H,2H2,1H3. The van der Waals surface area contributed by atoms with Crippen LogP contribution in [0.3, 0.4) is 0 Å². The van der Waals surface area contributed by atoms with E-state index in [4.69, 9.17) is 4.52 Å². The summed E-state index contributed by atoms with van der Waals surface area (Å²) in [6.07, 6.45) is 2.75. The molecule has 3 aromatic carbocycles. The third-order valence-electron chi connectivity index (χ3n) is 5.24. The second-order valence-corrected chi connectivity index (χ2v) is 7.07. The summed E-state index contributed by atoms with van der Waals surface area (Å²) in [5.41, 5.74) is 3.56. The van der Waals surface area contributed by atoms with Crippen LogP contribution in [0.15, 0.2) is 94.4 Å². The zero-order valence-corrected chi connectivity index (χ0v) is 16.4. The van der Waals surface area contributed by atoms with Crippen molar-refractivity contribution in [1.82, 2.24) is 14.7 Å². The third kappa shape index (κ3) is 3.10. The molecule has 0 radical (unpaired) electrons. The molecule has 5 heteroatoms. The van der Waals surface area contributed by atoms with E-state index < -0.39 is 0 Å². The van der Waals surface area contributed by atoms with Gasteiger partial charge in [-0.15, -0.1) is 0 Å². The highest BCUT2D eigenvalue weighted by Crippen LogP contribution is 2.28. The highest BCUT2D eigenvalue weighted by Gasteiger charge is 2.17. The summed E-state index contributed by atoms with van der Waals surface area (Å²) in [6, 6.07) is 25.1. The molecule has 0 saturated heterocycles. The maximum absolute atomic E-state index is 13.1. The topological polar surface area (TPSA) is 60.9 Å². The highest BCUT2D eigenvalue weighted by atomic mass is 16.5. The minimum absolute atomic E-state index is 0.0876. The van der Waals surface area contributed by atoms with Crippen molar-refractivity contribution in [2.24, 2.45) is 0 Å². The van der Waals surface area contributed by atoms with Crippen LogP contribution in [0, 0.1) is 0 Å². The lowest BCUT2D eigenvalue weighted by atomic mass is 10.1. The highest BCUT2D eigenvalue weighted by molar-refractivity contribution is 5.94. The number of fused-ring (bicyclic) bond motifs is 1. The summed E-state index contributed by atoms with van der Waals surface area (Å²) in [7, 11) is 0. The zero-order chi connectivity index (χ0) is 20.5. The number of hydrogen-bond donors (Lipinski definition) is 0. The van der Waals surface area contributed by atoms with Gasteiger partial charge in [0.25, 0.3) is 11.4 Å². The minimum Gasteiger partial charge on any atom is -0.334 e. The van der Waals surface area contributed by atoms with Crippen molar-refractivity contribution >= 4 is 10.8 Å². The molecule has 0 amide bonds. The number of aromatic nitrogens is 3. The third-order valence-corrected chi connectivity index (χ3v) is 5.24. The SMILES string of the molecule is CCc1ccc(-c2noc(-c3cn(-c4ccccc4)c(=O)c4ccccc34)n2)cc1. The second kappa shape index (κ2) is 7.44. The number of benzene rings is 3. The van der Waals surface area contributed by atoms with Gasteiger partial charge in [0.05, 0.1) is 5.56 Å². The first-order valence-corrected chi connectivity index (χ1v) is 9.88. The Hall–Kier alpha value is -3.99. The molecule has 2 aromatic heterocycles. The van der Waals surface area contributed by atoms with Crippen LogP contribution in [-0.2, 0) is 6.42 Å². The Labute approximate surface area is 173 Å². The van der Waals surface area contributed by atoms with Crippen molar-refractivity contribution in [2.75, 3.05) is 0 Å². The normalized spacial score (nSPS) is 11.1. The van der Waals surface area contributed by atoms with E-state index in [1.807, 2.05) is 66.7 Å². The Morgan fingerprint density at radius 3 is 2.30 bits per heavy atom. The number of hydrogen-bond acceptors (Lipinski definition) is 4. The molecule has 0 unspecified atom stereocenters. The van der Waals surface area contributed by atoms with Gasteiger partial charge in [0.2, 0.25) is 5.82 Å². The lowest BCUT2D eigenvalue weighted by Gasteiger charge is -2.10. The van der Waals surface area contributed by atoms with E-state index in [-0.39, 0.29) is 5.56 Å².